The molecular weight excluding hydrogens is 178 g/mol. The number of benzene rings is 1. The third-order valence-corrected chi connectivity index (χ3v) is 2.72. The highest BCUT2D eigenvalue weighted by Crippen LogP contribution is 2.26. The molecule has 13 heavy (non-hydrogen) atoms. The largest absolute Gasteiger partial charge is 0.238 e. The van der Waals surface area contributed by atoms with E-state index in [4.69, 9.17) is 6.57 Å². The molecule has 0 saturated carbocycles. The van der Waals surface area contributed by atoms with Crippen LogP contribution >= 0.6 is 11.3 Å². The second-order valence-electron chi connectivity index (χ2n) is 2.64. The molecule has 1 nitrogen and oxygen atoms in total. The number of nitrogens with zero attached hydrogens (tertiary/aromatic N) is 1. The van der Waals surface area contributed by atoms with Gasteiger partial charge in [0.2, 0.25) is 0 Å². The molecule has 0 aliphatic carbocycles. The van der Waals surface area contributed by atoms with Gasteiger partial charge in [0, 0.05) is 4.88 Å². The van der Waals surface area contributed by atoms with Crippen LogP contribution in [0.5, 0.6) is 0 Å². The van der Waals surface area contributed by atoms with E-state index in [1.807, 2.05) is 30.3 Å². The maximum atomic E-state index is 6.82. The Morgan fingerprint density at radius 1 is 1.08 bits per heavy atom. The summed E-state index contributed by atoms with van der Waals surface area (Å²) in [5.74, 6) is 0. The zero-order valence-corrected chi connectivity index (χ0v) is 7.71. The van der Waals surface area contributed by atoms with Gasteiger partial charge in [0.1, 0.15) is 0 Å². The van der Waals surface area contributed by atoms with Crippen molar-refractivity contribution in [3.63, 3.8) is 0 Å². The molecular formula is C11H7NS. The van der Waals surface area contributed by atoms with Gasteiger partial charge in [-0.05, 0) is 17.0 Å². The van der Waals surface area contributed by atoms with Crippen LogP contribution in [0.25, 0.3) is 15.3 Å². The molecule has 0 aliphatic rings. The first kappa shape index (κ1) is 8.03. The van der Waals surface area contributed by atoms with Gasteiger partial charge in [-0.25, -0.2) is 4.85 Å². The van der Waals surface area contributed by atoms with Crippen molar-refractivity contribution in [2.24, 2.45) is 0 Å². The Morgan fingerprint density at radius 3 is 2.38 bits per heavy atom. The fourth-order valence-corrected chi connectivity index (χ4v) is 1.88. The molecule has 1 aromatic carbocycles. The van der Waals surface area contributed by atoms with E-state index in [1.165, 1.54) is 10.4 Å². The summed E-state index contributed by atoms with van der Waals surface area (Å²) in [5.41, 5.74) is 1.88. The maximum absolute atomic E-state index is 6.82. The Labute approximate surface area is 81.1 Å². The Morgan fingerprint density at radius 2 is 1.85 bits per heavy atom. The van der Waals surface area contributed by atoms with E-state index in [-0.39, 0.29) is 0 Å². The van der Waals surface area contributed by atoms with E-state index in [1.54, 1.807) is 11.3 Å². The maximum Gasteiger partial charge on any atom is 0.187 e. The minimum Gasteiger partial charge on any atom is -0.238 e. The third kappa shape index (κ3) is 1.61. The molecule has 62 valence electrons. The van der Waals surface area contributed by atoms with Crippen LogP contribution in [-0.2, 0) is 0 Å². The normalized spacial score (nSPS) is 9.46. The van der Waals surface area contributed by atoms with E-state index >= 15 is 0 Å². The van der Waals surface area contributed by atoms with Gasteiger partial charge in [-0.2, -0.15) is 0 Å². The summed E-state index contributed by atoms with van der Waals surface area (Å²) in [4.78, 5) is 4.59. The molecule has 2 aromatic rings. The number of hydrogen-bond acceptors (Lipinski definition) is 1. The van der Waals surface area contributed by atoms with Crippen molar-refractivity contribution in [3.8, 4) is 10.4 Å². The molecule has 0 spiro atoms. The van der Waals surface area contributed by atoms with Crippen molar-refractivity contribution >= 4 is 17.0 Å². The second kappa shape index (κ2) is 3.42. The third-order valence-electron chi connectivity index (χ3n) is 1.80. The molecule has 1 heterocycles. The number of hydrogen-bond donors (Lipinski definition) is 0. The van der Waals surface area contributed by atoms with Crippen molar-refractivity contribution in [2.45, 2.75) is 0 Å². The van der Waals surface area contributed by atoms with Gasteiger partial charge >= 0.3 is 0 Å². The van der Waals surface area contributed by atoms with Crippen LogP contribution in [0, 0.1) is 6.57 Å². The van der Waals surface area contributed by atoms with E-state index < -0.39 is 0 Å². The zero-order chi connectivity index (χ0) is 9.10. The molecule has 0 aliphatic heterocycles. The van der Waals surface area contributed by atoms with Crippen LogP contribution in [0.1, 0.15) is 0 Å². The van der Waals surface area contributed by atoms with E-state index in [2.05, 4.69) is 16.3 Å². The Bertz CT molecular complexity index is 420. The van der Waals surface area contributed by atoms with Gasteiger partial charge in [0.05, 0.1) is 6.57 Å². The minimum atomic E-state index is 0.695. The minimum absolute atomic E-state index is 0.695. The van der Waals surface area contributed by atoms with Gasteiger partial charge in [-0.3, -0.25) is 0 Å². The summed E-state index contributed by atoms with van der Waals surface area (Å²) >= 11 is 1.71. The molecule has 0 fully saturated rings. The second-order valence-corrected chi connectivity index (χ2v) is 3.58. The average Bonchev–Trinajstić information content (AvgIpc) is 2.71. The lowest BCUT2D eigenvalue weighted by atomic mass is 10.2. The molecule has 0 N–H and O–H groups in total. The summed E-state index contributed by atoms with van der Waals surface area (Å²) in [6.07, 6.45) is 0. The predicted octanol–water partition coefficient (Wildman–Crippen LogP) is 3.97. The first-order valence-corrected chi connectivity index (χ1v) is 4.79. The molecule has 0 radical (unpaired) electrons. The van der Waals surface area contributed by atoms with Crippen LogP contribution in [0.2, 0.25) is 0 Å². The zero-order valence-electron chi connectivity index (χ0n) is 6.90. The molecule has 0 unspecified atom stereocenters. The van der Waals surface area contributed by atoms with Crippen molar-refractivity contribution in [1.29, 1.82) is 0 Å². The Balaban J connectivity index is 2.40. The lowest BCUT2D eigenvalue weighted by Crippen LogP contribution is -1.68. The van der Waals surface area contributed by atoms with Crippen molar-refractivity contribution < 1.29 is 0 Å². The topological polar surface area (TPSA) is 4.36 Å². The Hall–Kier alpha value is -1.59. The van der Waals surface area contributed by atoms with Crippen LogP contribution in [-0.4, -0.2) is 0 Å². The lowest BCUT2D eigenvalue weighted by Gasteiger charge is -1.95. The van der Waals surface area contributed by atoms with Crippen molar-refractivity contribution in [3.05, 3.63) is 53.2 Å². The van der Waals surface area contributed by atoms with Crippen molar-refractivity contribution in [1.82, 2.24) is 0 Å². The first-order valence-electron chi connectivity index (χ1n) is 3.91. The summed E-state index contributed by atoms with van der Waals surface area (Å²) < 4.78 is 0. The molecule has 0 atom stereocenters. The summed E-state index contributed by atoms with van der Waals surface area (Å²) in [7, 11) is 0. The van der Waals surface area contributed by atoms with Crippen LogP contribution in [0.4, 0.5) is 5.69 Å². The van der Waals surface area contributed by atoms with Gasteiger partial charge in [0.15, 0.2) is 5.69 Å². The molecule has 0 saturated heterocycles. The molecule has 2 rings (SSSR count). The lowest BCUT2D eigenvalue weighted by molar-refractivity contribution is 1.70. The molecule has 0 bridgehead atoms. The van der Waals surface area contributed by atoms with Crippen LogP contribution in [0.15, 0.2) is 41.8 Å². The summed E-state index contributed by atoms with van der Waals surface area (Å²) in [6.45, 7) is 6.82. The van der Waals surface area contributed by atoms with Gasteiger partial charge in [-0.1, -0.05) is 30.3 Å². The highest BCUT2D eigenvalue weighted by Gasteiger charge is 1.97. The first-order chi connectivity index (χ1) is 6.40. The fourth-order valence-electron chi connectivity index (χ4n) is 1.14. The fraction of sp³-hybridized carbons (Fsp3) is 0. The van der Waals surface area contributed by atoms with Crippen LogP contribution < -0.4 is 0 Å². The average molecular weight is 185 g/mol. The van der Waals surface area contributed by atoms with Crippen LogP contribution in [0.3, 0.4) is 0 Å². The van der Waals surface area contributed by atoms with E-state index in [9.17, 15) is 0 Å². The smallest absolute Gasteiger partial charge is 0.187 e. The standard InChI is InChI=1S/C11H7NS/c1-12-10-6-4-9(5-7-10)11-3-2-8-13-11/h2-8H. The molecule has 2 heteroatoms. The summed E-state index contributed by atoms with van der Waals surface area (Å²) in [5, 5.41) is 2.05. The summed E-state index contributed by atoms with van der Waals surface area (Å²) in [6, 6.07) is 11.8. The quantitative estimate of drug-likeness (QED) is 0.592. The SMILES string of the molecule is [C-]#[N+]c1ccc(-c2cccs2)cc1. The predicted molar refractivity (Wildman–Crippen MR) is 56.0 cm³/mol. The number of thiophene rings is 1. The highest BCUT2D eigenvalue weighted by atomic mass is 32.1. The monoisotopic (exact) mass is 185 g/mol. The molecule has 1 aromatic heterocycles. The highest BCUT2D eigenvalue weighted by molar-refractivity contribution is 7.13. The van der Waals surface area contributed by atoms with Gasteiger partial charge in [0.25, 0.3) is 0 Å². The molecule has 0 amide bonds. The van der Waals surface area contributed by atoms with E-state index in [0.29, 0.717) is 5.69 Å². The van der Waals surface area contributed by atoms with Crippen molar-refractivity contribution in [2.75, 3.05) is 0 Å². The van der Waals surface area contributed by atoms with E-state index in [0.717, 1.165) is 0 Å². The number of rotatable bonds is 1. The Kier molecular flexibility index (Phi) is 2.11. The van der Waals surface area contributed by atoms with Gasteiger partial charge < -0.3 is 0 Å². The van der Waals surface area contributed by atoms with Gasteiger partial charge in [-0.15, -0.1) is 11.3 Å².